The van der Waals surface area contributed by atoms with Crippen LogP contribution in [0.5, 0.6) is 0 Å². The number of carbonyl (C=O) groups excluding carboxylic acids is 1. The van der Waals surface area contributed by atoms with Gasteiger partial charge in [0.15, 0.2) is 0 Å². The Balaban J connectivity index is 1.49. The van der Waals surface area contributed by atoms with Gasteiger partial charge in [0.25, 0.3) is 0 Å². The SMILES string of the molecule is Cc1cc(CNC(=O)NC2C[C@H]3CCC[C@@H](C2)N3C)c(C)o1. The van der Waals surface area contributed by atoms with Gasteiger partial charge in [0.05, 0.1) is 0 Å². The summed E-state index contributed by atoms with van der Waals surface area (Å²) in [7, 11) is 2.23. The largest absolute Gasteiger partial charge is 0.466 e. The molecule has 0 aromatic carbocycles. The summed E-state index contributed by atoms with van der Waals surface area (Å²) in [6, 6.07) is 3.49. The Hall–Kier alpha value is -1.49. The summed E-state index contributed by atoms with van der Waals surface area (Å²) in [6.45, 7) is 4.38. The monoisotopic (exact) mass is 305 g/mol. The lowest BCUT2D eigenvalue weighted by atomic mass is 9.82. The number of nitrogens with zero attached hydrogens (tertiary/aromatic N) is 1. The third kappa shape index (κ3) is 3.29. The second-order valence-corrected chi connectivity index (χ2v) is 6.84. The Morgan fingerprint density at radius 1 is 1.32 bits per heavy atom. The van der Waals surface area contributed by atoms with Crippen LogP contribution in [0.3, 0.4) is 0 Å². The third-order valence-corrected chi connectivity index (χ3v) is 5.26. The highest BCUT2D eigenvalue weighted by Crippen LogP contribution is 2.32. The molecular formula is C17H27N3O2. The second-order valence-electron chi connectivity index (χ2n) is 6.84. The molecule has 3 rings (SSSR count). The summed E-state index contributed by atoms with van der Waals surface area (Å²) >= 11 is 0. The van der Waals surface area contributed by atoms with E-state index in [1.54, 1.807) is 0 Å². The Morgan fingerprint density at radius 3 is 2.59 bits per heavy atom. The fraction of sp³-hybridized carbons (Fsp3) is 0.706. The lowest BCUT2D eigenvalue weighted by Gasteiger charge is -2.47. The molecular weight excluding hydrogens is 278 g/mol. The predicted octanol–water partition coefficient (Wildman–Crippen LogP) is 2.71. The van der Waals surface area contributed by atoms with Crippen molar-refractivity contribution in [1.82, 2.24) is 15.5 Å². The zero-order chi connectivity index (χ0) is 15.7. The lowest BCUT2D eigenvalue weighted by molar-refractivity contribution is 0.0509. The van der Waals surface area contributed by atoms with E-state index >= 15 is 0 Å². The molecule has 0 radical (unpaired) electrons. The van der Waals surface area contributed by atoms with E-state index in [0.717, 1.165) is 29.9 Å². The molecule has 2 N–H and O–H groups in total. The van der Waals surface area contributed by atoms with Gasteiger partial charge in [-0.3, -0.25) is 0 Å². The standard InChI is InChI=1S/C17H27N3O2/c1-11-7-13(12(2)22-11)10-18-17(21)19-14-8-15-5-4-6-16(9-14)20(15)3/h7,14-16H,4-6,8-10H2,1-3H3,(H2,18,19,21)/t14?,15-,16+. The van der Waals surface area contributed by atoms with Crippen LogP contribution in [0.4, 0.5) is 4.79 Å². The average molecular weight is 305 g/mol. The molecule has 0 spiro atoms. The van der Waals surface area contributed by atoms with Gasteiger partial charge in [0.1, 0.15) is 11.5 Å². The molecule has 3 atom stereocenters. The van der Waals surface area contributed by atoms with Crippen molar-refractivity contribution in [2.24, 2.45) is 0 Å². The summed E-state index contributed by atoms with van der Waals surface area (Å²) in [5.74, 6) is 1.77. The molecule has 5 heteroatoms. The van der Waals surface area contributed by atoms with Gasteiger partial charge in [-0.25, -0.2) is 4.79 Å². The highest BCUT2D eigenvalue weighted by Gasteiger charge is 2.36. The van der Waals surface area contributed by atoms with Crippen molar-refractivity contribution in [1.29, 1.82) is 0 Å². The number of hydrogen-bond donors (Lipinski definition) is 2. The summed E-state index contributed by atoms with van der Waals surface area (Å²) < 4.78 is 5.48. The molecule has 1 aromatic heterocycles. The van der Waals surface area contributed by atoms with E-state index in [1.165, 1.54) is 19.3 Å². The molecule has 2 fully saturated rings. The summed E-state index contributed by atoms with van der Waals surface area (Å²) in [6.07, 6.45) is 6.01. The Labute approximate surface area is 132 Å². The van der Waals surface area contributed by atoms with Crippen LogP contribution >= 0.6 is 0 Å². The number of piperidine rings is 2. The van der Waals surface area contributed by atoms with E-state index in [0.29, 0.717) is 24.7 Å². The maximum Gasteiger partial charge on any atom is 0.315 e. The number of urea groups is 1. The highest BCUT2D eigenvalue weighted by atomic mass is 16.3. The minimum atomic E-state index is -0.0640. The molecule has 2 saturated heterocycles. The topological polar surface area (TPSA) is 57.5 Å². The Kier molecular flexibility index (Phi) is 4.43. The number of fused-ring (bicyclic) bond motifs is 2. The Morgan fingerprint density at radius 2 is 2.00 bits per heavy atom. The first-order chi connectivity index (χ1) is 10.5. The van der Waals surface area contributed by atoms with Crippen molar-refractivity contribution < 1.29 is 9.21 Å². The van der Waals surface area contributed by atoms with Gasteiger partial charge in [-0.2, -0.15) is 0 Å². The number of carbonyl (C=O) groups is 1. The summed E-state index contributed by atoms with van der Waals surface area (Å²) in [4.78, 5) is 14.6. The van der Waals surface area contributed by atoms with Crippen molar-refractivity contribution in [2.75, 3.05) is 7.05 Å². The number of amides is 2. The smallest absolute Gasteiger partial charge is 0.315 e. The fourth-order valence-corrected chi connectivity index (χ4v) is 4.00. The van der Waals surface area contributed by atoms with Crippen LogP contribution in [0.25, 0.3) is 0 Å². The molecule has 122 valence electrons. The van der Waals surface area contributed by atoms with Crippen LogP contribution in [0.1, 0.15) is 49.2 Å². The number of aryl methyl sites for hydroxylation is 2. The molecule has 2 bridgehead atoms. The van der Waals surface area contributed by atoms with E-state index in [4.69, 9.17) is 4.42 Å². The van der Waals surface area contributed by atoms with Gasteiger partial charge in [-0.05, 0) is 52.6 Å². The van der Waals surface area contributed by atoms with Crippen LogP contribution in [0.2, 0.25) is 0 Å². The molecule has 1 aromatic rings. The zero-order valence-electron chi connectivity index (χ0n) is 13.8. The minimum absolute atomic E-state index is 0.0640. The van der Waals surface area contributed by atoms with Crippen molar-refractivity contribution in [3.05, 3.63) is 23.2 Å². The normalized spacial score (nSPS) is 28.4. The number of hydrogen-bond acceptors (Lipinski definition) is 3. The van der Waals surface area contributed by atoms with Crippen molar-refractivity contribution in [2.45, 2.75) is 70.6 Å². The molecule has 0 saturated carbocycles. The van der Waals surface area contributed by atoms with E-state index < -0.39 is 0 Å². The van der Waals surface area contributed by atoms with Crippen LogP contribution in [-0.2, 0) is 6.54 Å². The molecule has 0 aliphatic carbocycles. The highest BCUT2D eigenvalue weighted by molar-refractivity contribution is 5.74. The summed E-state index contributed by atoms with van der Waals surface area (Å²) in [5.41, 5.74) is 1.05. The maximum atomic E-state index is 12.1. The molecule has 3 heterocycles. The lowest BCUT2D eigenvalue weighted by Crippen LogP contribution is -2.56. The maximum absolute atomic E-state index is 12.1. The molecule has 5 nitrogen and oxygen atoms in total. The molecule has 2 amide bonds. The number of furan rings is 1. The van der Waals surface area contributed by atoms with Gasteiger partial charge >= 0.3 is 6.03 Å². The quantitative estimate of drug-likeness (QED) is 0.903. The van der Waals surface area contributed by atoms with Gasteiger partial charge in [-0.15, -0.1) is 0 Å². The minimum Gasteiger partial charge on any atom is -0.466 e. The van der Waals surface area contributed by atoms with Gasteiger partial charge < -0.3 is 20.0 Å². The zero-order valence-corrected chi connectivity index (χ0v) is 13.8. The van der Waals surface area contributed by atoms with E-state index in [-0.39, 0.29) is 6.03 Å². The van der Waals surface area contributed by atoms with Gasteiger partial charge in [0, 0.05) is 30.2 Å². The van der Waals surface area contributed by atoms with E-state index in [2.05, 4.69) is 22.6 Å². The molecule has 2 aliphatic rings. The van der Waals surface area contributed by atoms with Crippen LogP contribution in [0, 0.1) is 13.8 Å². The van der Waals surface area contributed by atoms with Crippen LogP contribution < -0.4 is 10.6 Å². The molecule has 22 heavy (non-hydrogen) atoms. The van der Waals surface area contributed by atoms with E-state index in [9.17, 15) is 4.79 Å². The van der Waals surface area contributed by atoms with Crippen LogP contribution in [-0.4, -0.2) is 36.1 Å². The van der Waals surface area contributed by atoms with Gasteiger partial charge in [0.2, 0.25) is 0 Å². The first kappa shape index (κ1) is 15.4. The third-order valence-electron chi connectivity index (χ3n) is 5.26. The molecule has 1 unspecified atom stereocenters. The van der Waals surface area contributed by atoms with Gasteiger partial charge in [-0.1, -0.05) is 6.42 Å². The summed E-state index contributed by atoms with van der Waals surface area (Å²) in [5, 5.41) is 6.11. The van der Waals surface area contributed by atoms with Crippen LogP contribution in [0.15, 0.2) is 10.5 Å². The first-order valence-corrected chi connectivity index (χ1v) is 8.35. The molecule has 2 aliphatic heterocycles. The number of nitrogens with one attached hydrogen (secondary N) is 2. The van der Waals surface area contributed by atoms with Crippen molar-refractivity contribution in [3.63, 3.8) is 0 Å². The second kappa shape index (κ2) is 6.32. The van der Waals surface area contributed by atoms with E-state index in [1.807, 2.05) is 19.9 Å². The fourth-order valence-electron chi connectivity index (χ4n) is 4.00. The average Bonchev–Trinajstić information content (AvgIpc) is 2.76. The van der Waals surface area contributed by atoms with Crippen molar-refractivity contribution >= 4 is 6.03 Å². The predicted molar refractivity (Wildman–Crippen MR) is 85.8 cm³/mol. The number of rotatable bonds is 3. The Bertz CT molecular complexity index is 526. The first-order valence-electron chi connectivity index (χ1n) is 8.35. The van der Waals surface area contributed by atoms with Crippen molar-refractivity contribution in [3.8, 4) is 0 Å².